The Hall–Kier alpha value is -1.13. The van der Waals surface area contributed by atoms with Crippen molar-refractivity contribution in [2.45, 2.75) is 13.0 Å². The molecule has 0 heterocycles. The lowest BCUT2D eigenvalue weighted by atomic mass is 10.1. The highest BCUT2D eigenvalue weighted by atomic mass is 35.5. The molecule has 0 fully saturated rings. The maximum absolute atomic E-state index is 6.13. The number of rotatable bonds is 4. The van der Waals surface area contributed by atoms with Crippen LogP contribution < -0.4 is 15.2 Å². The van der Waals surface area contributed by atoms with Gasteiger partial charge in [0.05, 0.1) is 27.7 Å². The monoisotopic (exact) mass is 345 g/mol. The van der Waals surface area contributed by atoms with Crippen molar-refractivity contribution in [2.24, 2.45) is 5.73 Å². The molecule has 0 radical (unpaired) electrons. The molecule has 2 N–H and O–H groups in total. The second-order valence-corrected chi connectivity index (χ2v) is 5.68. The third-order valence-electron chi connectivity index (χ3n) is 2.90. The molecule has 2 rings (SSSR count). The summed E-state index contributed by atoms with van der Waals surface area (Å²) < 4.78 is 11.2. The van der Waals surface area contributed by atoms with E-state index in [0.717, 1.165) is 5.56 Å². The number of hydrogen-bond acceptors (Lipinski definition) is 3. The van der Waals surface area contributed by atoms with Gasteiger partial charge in [-0.25, -0.2) is 0 Å². The van der Waals surface area contributed by atoms with Gasteiger partial charge < -0.3 is 15.2 Å². The van der Waals surface area contributed by atoms with E-state index in [2.05, 4.69) is 0 Å². The van der Waals surface area contributed by atoms with Crippen molar-refractivity contribution in [2.75, 3.05) is 7.11 Å². The van der Waals surface area contributed by atoms with Crippen molar-refractivity contribution in [1.82, 2.24) is 0 Å². The Morgan fingerprint density at radius 2 is 1.57 bits per heavy atom. The fraction of sp³-hybridized carbons (Fsp3) is 0.200. The van der Waals surface area contributed by atoms with Crippen LogP contribution in [0.15, 0.2) is 30.3 Å². The number of ether oxygens (including phenoxy) is 2. The number of methoxy groups -OCH3 is 1. The van der Waals surface area contributed by atoms with Gasteiger partial charge in [-0.05, 0) is 25.1 Å². The van der Waals surface area contributed by atoms with Crippen molar-refractivity contribution in [3.63, 3.8) is 0 Å². The molecule has 2 aromatic rings. The molecule has 0 spiro atoms. The van der Waals surface area contributed by atoms with Gasteiger partial charge in [0.15, 0.2) is 0 Å². The summed E-state index contributed by atoms with van der Waals surface area (Å²) in [4.78, 5) is 0. The van der Waals surface area contributed by atoms with Gasteiger partial charge in [-0.2, -0.15) is 0 Å². The molecule has 0 unspecified atom stereocenters. The number of hydrogen-bond donors (Lipinski definition) is 1. The van der Waals surface area contributed by atoms with Crippen molar-refractivity contribution in [3.05, 3.63) is 51.0 Å². The molecule has 1 atom stereocenters. The van der Waals surface area contributed by atoms with Gasteiger partial charge in [-0.3, -0.25) is 0 Å². The molecule has 0 aromatic heterocycles. The third kappa shape index (κ3) is 3.55. The predicted molar refractivity (Wildman–Crippen MR) is 87.1 cm³/mol. The van der Waals surface area contributed by atoms with Crippen molar-refractivity contribution in [1.29, 1.82) is 0 Å². The van der Waals surface area contributed by atoms with Crippen LogP contribution in [0.1, 0.15) is 18.5 Å². The minimum Gasteiger partial charge on any atom is -0.496 e. The normalized spacial score (nSPS) is 12.1. The standard InChI is InChI=1S/C15H14Cl3NO2/c1-8(19)15-12(20-2)4-3-5-13(15)21-14-7-10(17)9(16)6-11(14)18/h3-8H,19H2,1-2H3/t8-/m1/s1. The van der Waals surface area contributed by atoms with Crippen molar-refractivity contribution in [3.8, 4) is 17.2 Å². The lowest BCUT2D eigenvalue weighted by Crippen LogP contribution is -2.08. The van der Waals surface area contributed by atoms with Gasteiger partial charge in [-0.15, -0.1) is 0 Å². The lowest BCUT2D eigenvalue weighted by molar-refractivity contribution is 0.397. The van der Waals surface area contributed by atoms with Crippen LogP contribution in [0.4, 0.5) is 0 Å². The summed E-state index contributed by atoms with van der Waals surface area (Å²) in [5, 5.41) is 1.09. The SMILES string of the molecule is COc1cccc(Oc2cc(Cl)c(Cl)cc2Cl)c1[C@@H](C)N. The second-order valence-electron chi connectivity index (χ2n) is 4.46. The first kappa shape index (κ1) is 16.2. The largest absolute Gasteiger partial charge is 0.496 e. The topological polar surface area (TPSA) is 44.5 Å². The van der Waals surface area contributed by atoms with E-state index < -0.39 is 0 Å². The van der Waals surface area contributed by atoms with Crippen molar-refractivity contribution >= 4 is 34.8 Å². The first-order chi connectivity index (χ1) is 9.93. The molecule has 0 bridgehead atoms. The van der Waals surface area contributed by atoms with E-state index in [4.69, 9.17) is 50.0 Å². The molecular formula is C15H14Cl3NO2. The number of benzene rings is 2. The summed E-state index contributed by atoms with van der Waals surface area (Å²) in [7, 11) is 1.58. The molecule has 21 heavy (non-hydrogen) atoms. The van der Waals surface area contributed by atoms with Crippen molar-refractivity contribution < 1.29 is 9.47 Å². The zero-order valence-electron chi connectivity index (χ0n) is 11.5. The van der Waals surface area contributed by atoms with Gasteiger partial charge in [0.25, 0.3) is 0 Å². The molecule has 0 aliphatic carbocycles. The number of halogens is 3. The Morgan fingerprint density at radius 3 is 2.19 bits per heavy atom. The molecule has 6 heteroatoms. The fourth-order valence-corrected chi connectivity index (χ4v) is 2.52. The Balaban J connectivity index is 2.47. The molecule has 0 amide bonds. The summed E-state index contributed by atoms with van der Waals surface area (Å²) in [6.07, 6.45) is 0. The molecular weight excluding hydrogens is 333 g/mol. The van der Waals surface area contributed by atoms with Crippen LogP contribution in [0, 0.1) is 0 Å². The first-order valence-corrected chi connectivity index (χ1v) is 7.32. The molecule has 3 nitrogen and oxygen atoms in total. The zero-order valence-corrected chi connectivity index (χ0v) is 13.8. The van der Waals surface area contributed by atoms with Gasteiger partial charge in [-0.1, -0.05) is 40.9 Å². The van der Waals surface area contributed by atoms with Crippen LogP contribution in [0.2, 0.25) is 15.1 Å². The Morgan fingerprint density at radius 1 is 0.952 bits per heavy atom. The molecule has 0 aliphatic rings. The lowest BCUT2D eigenvalue weighted by Gasteiger charge is -2.17. The summed E-state index contributed by atoms with van der Waals surface area (Å²) in [6.45, 7) is 1.85. The first-order valence-electron chi connectivity index (χ1n) is 6.19. The van der Waals surface area contributed by atoms with Gasteiger partial charge in [0.1, 0.15) is 17.2 Å². The summed E-state index contributed by atoms with van der Waals surface area (Å²) in [5.74, 6) is 1.62. The van der Waals surface area contributed by atoms with E-state index in [0.29, 0.717) is 32.3 Å². The van der Waals surface area contributed by atoms with E-state index in [1.807, 2.05) is 19.1 Å². The van der Waals surface area contributed by atoms with E-state index in [1.165, 1.54) is 6.07 Å². The minimum absolute atomic E-state index is 0.266. The molecule has 0 saturated carbocycles. The van der Waals surface area contributed by atoms with Crippen LogP contribution in [-0.2, 0) is 0 Å². The quantitative estimate of drug-likeness (QED) is 0.747. The van der Waals surface area contributed by atoms with Gasteiger partial charge in [0, 0.05) is 12.1 Å². The Kier molecular flexibility index (Phi) is 5.22. The van der Waals surface area contributed by atoms with E-state index in [9.17, 15) is 0 Å². The third-order valence-corrected chi connectivity index (χ3v) is 3.91. The van der Waals surface area contributed by atoms with Crippen LogP contribution in [0.5, 0.6) is 17.2 Å². The van der Waals surface area contributed by atoms with Gasteiger partial charge >= 0.3 is 0 Å². The highest BCUT2D eigenvalue weighted by Gasteiger charge is 2.16. The zero-order chi connectivity index (χ0) is 15.6. The smallest absolute Gasteiger partial charge is 0.147 e. The molecule has 0 aliphatic heterocycles. The maximum Gasteiger partial charge on any atom is 0.147 e. The highest BCUT2D eigenvalue weighted by molar-refractivity contribution is 6.43. The van der Waals surface area contributed by atoms with Crippen LogP contribution in [0.25, 0.3) is 0 Å². The van der Waals surface area contributed by atoms with Crippen LogP contribution in [-0.4, -0.2) is 7.11 Å². The Labute approximate surface area is 138 Å². The van der Waals surface area contributed by atoms with E-state index in [1.54, 1.807) is 19.2 Å². The second kappa shape index (κ2) is 6.75. The molecule has 2 aromatic carbocycles. The Bertz CT molecular complexity index is 660. The fourth-order valence-electron chi connectivity index (χ4n) is 1.94. The average Bonchev–Trinajstić information content (AvgIpc) is 2.44. The van der Waals surface area contributed by atoms with Crippen LogP contribution >= 0.6 is 34.8 Å². The van der Waals surface area contributed by atoms with E-state index in [-0.39, 0.29) is 6.04 Å². The van der Waals surface area contributed by atoms with E-state index >= 15 is 0 Å². The van der Waals surface area contributed by atoms with Crippen LogP contribution in [0.3, 0.4) is 0 Å². The summed E-state index contributed by atoms with van der Waals surface area (Å²) in [5.41, 5.74) is 6.75. The predicted octanol–water partition coefficient (Wildman–Crippen LogP) is 5.47. The number of nitrogens with two attached hydrogens (primary N) is 1. The van der Waals surface area contributed by atoms with Gasteiger partial charge in [0.2, 0.25) is 0 Å². The summed E-state index contributed by atoms with van der Waals surface area (Å²) in [6, 6.07) is 8.26. The highest BCUT2D eigenvalue weighted by Crippen LogP contribution is 2.40. The average molecular weight is 347 g/mol. The summed E-state index contributed by atoms with van der Waals surface area (Å²) >= 11 is 18.0. The minimum atomic E-state index is -0.266. The maximum atomic E-state index is 6.13. The molecule has 112 valence electrons. The molecule has 0 saturated heterocycles.